The van der Waals surface area contributed by atoms with Crippen molar-refractivity contribution in [1.82, 2.24) is 4.90 Å². The Morgan fingerprint density at radius 3 is 2.33 bits per heavy atom. The second kappa shape index (κ2) is 2.42. The molecule has 0 aromatic heterocycles. The summed E-state index contributed by atoms with van der Waals surface area (Å²) in [6.45, 7) is 0.718. The molecular weight excluding hydrogens is 154 g/mol. The van der Waals surface area contributed by atoms with Gasteiger partial charge >= 0.3 is 0 Å². The molecule has 0 aromatic carbocycles. The van der Waals surface area contributed by atoms with E-state index in [-0.39, 0.29) is 16.4 Å². The largest absolute Gasteiger partial charge is 0.344 e. The number of amides is 1. The molecule has 2 unspecified atom stereocenters. The topological polar surface area (TPSA) is 20.3 Å². The van der Waals surface area contributed by atoms with Crippen LogP contribution in [0.5, 0.6) is 0 Å². The molecule has 0 saturated carbocycles. The van der Waals surface area contributed by atoms with E-state index >= 15 is 0 Å². The second-order valence-corrected chi connectivity index (χ2v) is 3.45. The lowest BCUT2D eigenvalue weighted by molar-refractivity contribution is -0.126. The van der Waals surface area contributed by atoms with Gasteiger partial charge in [0.2, 0.25) is 5.91 Å². The summed E-state index contributed by atoms with van der Waals surface area (Å²) in [6.07, 6.45) is 0. The third-order valence-electron chi connectivity index (χ3n) is 1.45. The first-order chi connectivity index (χ1) is 4.13. The lowest BCUT2D eigenvalue weighted by Crippen LogP contribution is -2.22. The minimum atomic E-state index is -0.196. The van der Waals surface area contributed by atoms with E-state index < -0.39 is 0 Å². The highest BCUT2D eigenvalue weighted by molar-refractivity contribution is 7.86. The maximum absolute atomic E-state index is 10.9. The van der Waals surface area contributed by atoms with Crippen LogP contribution >= 0.6 is 25.3 Å². The van der Waals surface area contributed by atoms with E-state index in [4.69, 9.17) is 0 Å². The van der Waals surface area contributed by atoms with Crippen molar-refractivity contribution >= 4 is 31.2 Å². The molecule has 4 heteroatoms. The first-order valence-corrected chi connectivity index (χ1v) is 3.77. The standard InChI is InChI=1S/C5H9NOS2/c1-6-2-3(8)4(9)5(6)7/h3-4,8-9H,2H2,1H3. The molecule has 52 valence electrons. The van der Waals surface area contributed by atoms with Gasteiger partial charge in [-0.2, -0.15) is 25.3 Å². The fraction of sp³-hybridized carbons (Fsp3) is 0.800. The SMILES string of the molecule is CN1CC(S)C(S)C1=O. The Labute approximate surface area is 65.4 Å². The fourth-order valence-corrected chi connectivity index (χ4v) is 1.52. The third kappa shape index (κ3) is 1.19. The van der Waals surface area contributed by atoms with Gasteiger partial charge in [0.05, 0.1) is 5.25 Å². The minimum absolute atomic E-state index is 0.0818. The van der Waals surface area contributed by atoms with Crippen LogP contribution in [0, 0.1) is 0 Å². The van der Waals surface area contributed by atoms with E-state index in [1.807, 2.05) is 0 Å². The summed E-state index contributed by atoms with van der Waals surface area (Å²) >= 11 is 8.24. The third-order valence-corrected chi connectivity index (χ3v) is 2.73. The highest BCUT2D eigenvalue weighted by atomic mass is 32.1. The Kier molecular flexibility index (Phi) is 1.96. The molecule has 1 rings (SSSR count). The Morgan fingerprint density at radius 1 is 1.67 bits per heavy atom. The van der Waals surface area contributed by atoms with E-state index in [0.717, 1.165) is 6.54 Å². The van der Waals surface area contributed by atoms with Crippen molar-refractivity contribution in [3.63, 3.8) is 0 Å². The molecule has 0 N–H and O–H groups in total. The van der Waals surface area contributed by atoms with Crippen LogP contribution in [0.1, 0.15) is 0 Å². The van der Waals surface area contributed by atoms with Gasteiger partial charge in [-0.15, -0.1) is 0 Å². The van der Waals surface area contributed by atoms with Gasteiger partial charge < -0.3 is 4.90 Å². The lowest BCUT2D eigenvalue weighted by Gasteiger charge is -2.04. The van der Waals surface area contributed by atoms with Crippen LogP contribution in [0.15, 0.2) is 0 Å². The zero-order chi connectivity index (χ0) is 7.02. The van der Waals surface area contributed by atoms with Crippen LogP contribution in [0.2, 0.25) is 0 Å². The van der Waals surface area contributed by atoms with E-state index in [1.165, 1.54) is 0 Å². The molecular formula is C5H9NOS2. The molecule has 1 heterocycles. The van der Waals surface area contributed by atoms with Crippen LogP contribution in [-0.2, 0) is 4.79 Å². The molecule has 0 spiro atoms. The number of nitrogens with zero attached hydrogens (tertiary/aromatic N) is 1. The zero-order valence-electron chi connectivity index (χ0n) is 5.11. The molecule has 1 aliphatic rings. The van der Waals surface area contributed by atoms with Crippen molar-refractivity contribution in [3.8, 4) is 0 Å². The van der Waals surface area contributed by atoms with Crippen molar-refractivity contribution in [2.75, 3.05) is 13.6 Å². The Morgan fingerprint density at radius 2 is 2.22 bits per heavy atom. The number of thiol groups is 2. The first-order valence-electron chi connectivity index (χ1n) is 2.74. The van der Waals surface area contributed by atoms with E-state index in [9.17, 15) is 4.79 Å². The van der Waals surface area contributed by atoms with Crippen molar-refractivity contribution in [2.24, 2.45) is 0 Å². The van der Waals surface area contributed by atoms with Gasteiger partial charge in [-0.3, -0.25) is 4.79 Å². The number of hydrogen-bond donors (Lipinski definition) is 2. The Bertz CT molecular complexity index is 139. The molecule has 0 bridgehead atoms. The fourth-order valence-electron chi connectivity index (χ4n) is 0.861. The van der Waals surface area contributed by atoms with Crippen LogP contribution in [0.25, 0.3) is 0 Å². The summed E-state index contributed by atoms with van der Waals surface area (Å²) in [5.41, 5.74) is 0. The number of carbonyl (C=O) groups excluding carboxylic acids is 1. The van der Waals surface area contributed by atoms with Crippen molar-refractivity contribution in [2.45, 2.75) is 10.5 Å². The van der Waals surface area contributed by atoms with Crippen molar-refractivity contribution in [3.05, 3.63) is 0 Å². The molecule has 9 heavy (non-hydrogen) atoms. The average Bonchev–Trinajstić information content (AvgIpc) is 1.98. The first kappa shape index (κ1) is 7.28. The summed E-state index contributed by atoms with van der Waals surface area (Å²) in [6, 6.07) is 0. The number of likely N-dealkylation sites (tertiary alicyclic amines) is 1. The van der Waals surface area contributed by atoms with Gasteiger partial charge in [0.1, 0.15) is 0 Å². The Hall–Kier alpha value is 0.170. The molecule has 2 nitrogen and oxygen atoms in total. The van der Waals surface area contributed by atoms with Crippen molar-refractivity contribution in [1.29, 1.82) is 0 Å². The van der Waals surface area contributed by atoms with Crippen LogP contribution in [0.3, 0.4) is 0 Å². The Balaban J connectivity index is 2.65. The summed E-state index contributed by atoms with van der Waals surface area (Å²) in [7, 11) is 1.77. The van der Waals surface area contributed by atoms with E-state index in [0.29, 0.717) is 0 Å². The van der Waals surface area contributed by atoms with Gasteiger partial charge in [-0.25, -0.2) is 0 Å². The molecule has 1 fully saturated rings. The molecule has 1 saturated heterocycles. The average molecular weight is 163 g/mol. The molecule has 0 aliphatic carbocycles. The van der Waals surface area contributed by atoms with E-state index in [1.54, 1.807) is 11.9 Å². The van der Waals surface area contributed by atoms with Crippen LogP contribution in [0.4, 0.5) is 0 Å². The number of rotatable bonds is 0. The maximum Gasteiger partial charge on any atom is 0.236 e. The second-order valence-electron chi connectivity index (χ2n) is 2.23. The summed E-state index contributed by atoms with van der Waals surface area (Å²) in [5, 5.41) is -0.0934. The van der Waals surface area contributed by atoms with Gasteiger partial charge in [0.15, 0.2) is 0 Å². The smallest absolute Gasteiger partial charge is 0.236 e. The molecule has 0 radical (unpaired) electrons. The normalized spacial score (nSPS) is 35.9. The monoisotopic (exact) mass is 163 g/mol. The highest BCUT2D eigenvalue weighted by Gasteiger charge is 2.33. The zero-order valence-corrected chi connectivity index (χ0v) is 6.90. The van der Waals surface area contributed by atoms with Crippen LogP contribution in [-0.4, -0.2) is 34.9 Å². The predicted octanol–water partition coefficient (Wildman–Crippen LogP) is 0.0552. The lowest BCUT2D eigenvalue weighted by atomic mass is 10.3. The van der Waals surface area contributed by atoms with Crippen LogP contribution < -0.4 is 0 Å². The number of hydrogen-bond acceptors (Lipinski definition) is 3. The van der Waals surface area contributed by atoms with E-state index in [2.05, 4.69) is 25.3 Å². The van der Waals surface area contributed by atoms with Gasteiger partial charge in [-0.05, 0) is 0 Å². The highest BCUT2D eigenvalue weighted by Crippen LogP contribution is 2.19. The minimum Gasteiger partial charge on any atom is -0.344 e. The maximum atomic E-state index is 10.9. The predicted molar refractivity (Wildman–Crippen MR) is 43.2 cm³/mol. The quantitative estimate of drug-likeness (QED) is 0.484. The molecule has 1 amide bonds. The van der Waals surface area contributed by atoms with Gasteiger partial charge in [0, 0.05) is 18.8 Å². The molecule has 0 aromatic rings. The molecule has 2 atom stereocenters. The van der Waals surface area contributed by atoms with Crippen molar-refractivity contribution < 1.29 is 4.79 Å². The summed E-state index contributed by atoms with van der Waals surface area (Å²) in [4.78, 5) is 12.6. The van der Waals surface area contributed by atoms with Gasteiger partial charge in [0.25, 0.3) is 0 Å². The number of carbonyl (C=O) groups is 1. The summed E-state index contributed by atoms with van der Waals surface area (Å²) in [5.74, 6) is 0.0818. The molecule has 1 aliphatic heterocycles. The summed E-state index contributed by atoms with van der Waals surface area (Å²) < 4.78 is 0. The van der Waals surface area contributed by atoms with Gasteiger partial charge in [-0.1, -0.05) is 0 Å².